The predicted octanol–water partition coefficient (Wildman–Crippen LogP) is 2.24. The number of benzene rings is 1. The molecule has 1 aromatic heterocycles. The van der Waals surface area contributed by atoms with Crippen LogP contribution in [0.4, 0.5) is 0 Å². The first-order valence-electron chi connectivity index (χ1n) is 5.81. The number of aliphatic hydroxyl groups is 1. The van der Waals surface area contributed by atoms with Gasteiger partial charge in [0.15, 0.2) is 0 Å². The van der Waals surface area contributed by atoms with Gasteiger partial charge in [-0.1, -0.05) is 30.3 Å². The minimum atomic E-state index is -0.716. The first kappa shape index (κ1) is 11.9. The Balaban J connectivity index is 2.15. The normalized spacial score (nSPS) is 11.7. The molecule has 2 rings (SSSR count). The second-order valence-electron chi connectivity index (χ2n) is 4.95. The Hall–Kier alpha value is -1.61. The summed E-state index contributed by atoms with van der Waals surface area (Å²) < 4.78 is 2.01. The van der Waals surface area contributed by atoms with Crippen molar-refractivity contribution in [1.29, 1.82) is 0 Å². The van der Waals surface area contributed by atoms with Crippen LogP contribution in [0.2, 0.25) is 0 Å². The average Bonchev–Trinajstić information content (AvgIpc) is 2.65. The van der Waals surface area contributed by atoms with E-state index >= 15 is 0 Å². The van der Waals surface area contributed by atoms with E-state index in [-0.39, 0.29) is 0 Å². The fraction of sp³-hybridized carbons (Fsp3) is 0.357. The Kier molecular flexibility index (Phi) is 3.29. The van der Waals surface area contributed by atoms with E-state index in [2.05, 4.69) is 17.1 Å². The maximum absolute atomic E-state index is 9.83. The lowest BCUT2D eigenvalue weighted by Crippen LogP contribution is -2.26. The quantitative estimate of drug-likeness (QED) is 0.874. The van der Waals surface area contributed by atoms with Crippen LogP contribution in [0.25, 0.3) is 0 Å². The number of nitrogens with zero attached hydrogens (tertiary/aromatic N) is 2. The van der Waals surface area contributed by atoms with E-state index in [0.717, 1.165) is 12.2 Å². The number of rotatable bonds is 4. The van der Waals surface area contributed by atoms with Gasteiger partial charge in [-0.25, -0.2) is 4.98 Å². The SMILES string of the molecule is CC(C)(O)Cn1ccnc1Cc1ccccc1. The van der Waals surface area contributed by atoms with E-state index in [9.17, 15) is 5.11 Å². The summed E-state index contributed by atoms with van der Waals surface area (Å²) in [5.74, 6) is 0.985. The number of hydrogen-bond donors (Lipinski definition) is 1. The average molecular weight is 230 g/mol. The van der Waals surface area contributed by atoms with E-state index < -0.39 is 5.60 Å². The van der Waals surface area contributed by atoms with Gasteiger partial charge in [-0.05, 0) is 19.4 Å². The molecule has 0 aliphatic carbocycles. The fourth-order valence-electron chi connectivity index (χ4n) is 1.85. The molecular formula is C14H18N2O. The summed E-state index contributed by atoms with van der Waals surface area (Å²) in [5, 5.41) is 9.83. The van der Waals surface area contributed by atoms with Gasteiger partial charge in [0.25, 0.3) is 0 Å². The molecule has 0 saturated heterocycles. The summed E-state index contributed by atoms with van der Waals surface area (Å²) in [6.45, 7) is 4.17. The molecule has 3 nitrogen and oxygen atoms in total. The van der Waals surface area contributed by atoms with Crippen molar-refractivity contribution in [3.8, 4) is 0 Å². The first-order chi connectivity index (χ1) is 8.04. The van der Waals surface area contributed by atoms with Crippen molar-refractivity contribution in [3.63, 3.8) is 0 Å². The maximum atomic E-state index is 9.83. The first-order valence-corrected chi connectivity index (χ1v) is 5.81. The highest BCUT2D eigenvalue weighted by Gasteiger charge is 2.15. The monoisotopic (exact) mass is 230 g/mol. The smallest absolute Gasteiger partial charge is 0.113 e. The van der Waals surface area contributed by atoms with Crippen molar-refractivity contribution in [2.75, 3.05) is 0 Å². The second kappa shape index (κ2) is 4.72. The molecule has 0 radical (unpaired) electrons. The van der Waals surface area contributed by atoms with E-state index in [1.165, 1.54) is 5.56 Å². The van der Waals surface area contributed by atoms with Crippen LogP contribution in [0.1, 0.15) is 25.2 Å². The molecule has 17 heavy (non-hydrogen) atoms. The van der Waals surface area contributed by atoms with Gasteiger partial charge in [-0.3, -0.25) is 0 Å². The summed E-state index contributed by atoms with van der Waals surface area (Å²) in [7, 11) is 0. The second-order valence-corrected chi connectivity index (χ2v) is 4.95. The van der Waals surface area contributed by atoms with Crippen molar-refractivity contribution >= 4 is 0 Å². The molecule has 0 atom stereocenters. The Bertz CT molecular complexity index is 468. The van der Waals surface area contributed by atoms with Crippen LogP contribution in [0.3, 0.4) is 0 Å². The molecule has 1 aromatic carbocycles. The van der Waals surface area contributed by atoms with Crippen molar-refractivity contribution in [2.45, 2.75) is 32.4 Å². The van der Waals surface area contributed by atoms with Gasteiger partial charge >= 0.3 is 0 Å². The molecule has 0 saturated carbocycles. The highest BCUT2D eigenvalue weighted by Crippen LogP contribution is 2.11. The standard InChI is InChI=1S/C14H18N2O/c1-14(2,17)11-16-9-8-15-13(16)10-12-6-4-3-5-7-12/h3-9,17H,10-11H2,1-2H3. The van der Waals surface area contributed by atoms with Crippen molar-refractivity contribution < 1.29 is 5.11 Å². The highest BCUT2D eigenvalue weighted by molar-refractivity contribution is 5.19. The number of hydrogen-bond acceptors (Lipinski definition) is 2. The minimum Gasteiger partial charge on any atom is -0.389 e. The summed E-state index contributed by atoms with van der Waals surface area (Å²) >= 11 is 0. The molecule has 0 aliphatic heterocycles. The Labute approximate surface area is 102 Å². The predicted molar refractivity (Wildman–Crippen MR) is 67.8 cm³/mol. The summed E-state index contributed by atoms with van der Waals surface area (Å²) in [6.07, 6.45) is 4.49. The molecule has 0 unspecified atom stereocenters. The van der Waals surface area contributed by atoms with Gasteiger partial charge < -0.3 is 9.67 Å². The summed E-state index contributed by atoms with van der Waals surface area (Å²) in [6, 6.07) is 10.2. The molecule has 0 fully saturated rings. The lowest BCUT2D eigenvalue weighted by Gasteiger charge is -2.19. The summed E-state index contributed by atoms with van der Waals surface area (Å²) in [5.41, 5.74) is 0.516. The van der Waals surface area contributed by atoms with E-state index in [1.54, 1.807) is 20.0 Å². The maximum Gasteiger partial charge on any atom is 0.113 e. The summed E-state index contributed by atoms with van der Waals surface area (Å²) in [4.78, 5) is 4.35. The molecule has 3 heteroatoms. The van der Waals surface area contributed by atoms with Gasteiger partial charge in [-0.2, -0.15) is 0 Å². The van der Waals surface area contributed by atoms with Crippen LogP contribution in [0, 0.1) is 0 Å². The largest absolute Gasteiger partial charge is 0.389 e. The molecule has 1 N–H and O–H groups in total. The van der Waals surface area contributed by atoms with Crippen LogP contribution in [0.15, 0.2) is 42.7 Å². The van der Waals surface area contributed by atoms with Gasteiger partial charge in [0, 0.05) is 18.8 Å². The Morgan fingerprint density at radius 2 is 1.94 bits per heavy atom. The van der Waals surface area contributed by atoms with Crippen molar-refractivity contribution in [2.24, 2.45) is 0 Å². The van der Waals surface area contributed by atoms with Gasteiger partial charge in [0.2, 0.25) is 0 Å². The molecule has 0 aliphatic rings. The van der Waals surface area contributed by atoms with Crippen LogP contribution in [-0.4, -0.2) is 20.3 Å². The van der Waals surface area contributed by atoms with Crippen LogP contribution in [-0.2, 0) is 13.0 Å². The molecule has 0 bridgehead atoms. The van der Waals surface area contributed by atoms with Crippen LogP contribution in [0.5, 0.6) is 0 Å². The van der Waals surface area contributed by atoms with Crippen LogP contribution < -0.4 is 0 Å². The molecule has 90 valence electrons. The topological polar surface area (TPSA) is 38.0 Å². The lowest BCUT2D eigenvalue weighted by molar-refractivity contribution is 0.0607. The minimum absolute atomic E-state index is 0.565. The zero-order valence-corrected chi connectivity index (χ0v) is 10.3. The van der Waals surface area contributed by atoms with Gasteiger partial charge in [0.05, 0.1) is 12.1 Å². The Morgan fingerprint density at radius 3 is 2.59 bits per heavy atom. The van der Waals surface area contributed by atoms with Crippen molar-refractivity contribution in [1.82, 2.24) is 9.55 Å². The third-order valence-electron chi connectivity index (χ3n) is 2.56. The van der Waals surface area contributed by atoms with E-state index in [0.29, 0.717) is 6.54 Å². The van der Waals surface area contributed by atoms with E-state index in [1.807, 2.05) is 29.0 Å². The lowest BCUT2D eigenvalue weighted by atomic mass is 10.1. The molecule has 0 amide bonds. The zero-order valence-electron chi connectivity index (χ0n) is 10.3. The number of imidazole rings is 1. The van der Waals surface area contributed by atoms with Gasteiger partial charge in [0.1, 0.15) is 5.82 Å². The number of aromatic nitrogens is 2. The fourth-order valence-corrected chi connectivity index (χ4v) is 1.85. The van der Waals surface area contributed by atoms with Crippen LogP contribution >= 0.6 is 0 Å². The molecule has 0 spiro atoms. The highest BCUT2D eigenvalue weighted by atomic mass is 16.3. The van der Waals surface area contributed by atoms with Gasteiger partial charge in [-0.15, -0.1) is 0 Å². The molecule has 2 aromatic rings. The third-order valence-corrected chi connectivity index (χ3v) is 2.56. The Morgan fingerprint density at radius 1 is 1.24 bits per heavy atom. The van der Waals surface area contributed by atoms with Crippen molar-refractivity contribution in [3.05, 3.63) is 54.1 Å². The van der Waals surface area contributed by atoms with E-state index in [4.69, 9.17) is 0 Å². The zero-order chi connectivity index (χ0) is 12.3. The molecule has 1 heterocycles. The molecular weight excluding hydrogens is 212 g/mol. The third kappa shape index (κ3) is 3.43.